The van der Waals surface area contributed by atoms with E-state index in [2.05, 4.69) is 9.88 Å². The number of hydrogen-bond donors (Lipinski definition) is 1. The predicted molar refractivity (Wildman–Crippen MR) is 96.1 cm³/mol. The smallest absolute Gasteiger partial charge is 0.260 e. The van der Waals surface area contributed by atoms with Gasteiger partial charge in [-0.3, -0.25) is 4.90 Å². The summed E-state index contributed by atoms with van der Waals surface area (Å²) in [6, 6.07) is 4.98. The largest absolute Gasteiger partial charge is 0.392 e. The fourth-order valence-corrected chi connectivity index (χ4v) is 5.83. The molecule has 0 radical (unpaired) electrons. The molecule has 0 amide bonds. The van der Waals surface area contributed by atoms with Gasteiger partial charge >= 0.3 is 0 Å². The van der Waals surface area contributed by atoms with Crippen molar-refractivity contribution in [1.29, 1.82) is 0 Å². The Labute approximate surface area is 155 Å². The van der Waals surface area contributed by atoms with E-state index in [0.717, 1.165) is 45.3 Å². The average Bonchev–Trinajstić information content (AvgIpc) is 3.23. The SMILES string of the molecule is O=S(=O)(c1ccccn1)N1CCC2(CC1)CO[C@@H](CN1CC[C@H](O)C1)C2. The monoisotopic (exact) mass is 381 g/mol. The van der Waals surface area contributed by atoms with Crippen molar-refractivity contribution in [3.8, 4) is 0 Å². The number of hydrogen-bond acceptors (Lipinski definition) is 6. The zero-order valence-electron chi connectivity index (χ0n) is 15.0. The summed E-state index contributed by atoms with van der Waals surface area (Å²) in [4.78, 5) is 6.28. The number of ether oxygens (including phenoxy) is 1. The Morgan fingerprint density at radius 2 is 2.08 bits per heavy atom. The van der Waals surface area contributed by atoms with Gasteiger partial charge in [-0.05, 0) is 43.2 Å². The van der Waals surface area contributed by atoms with Crippen molar-refractivity contribution in [3.05, 3.63) is 24.4 Å². The number of aliphatic hydroxyl groups is 1. The molecule has 4 rings (SSSR count). The molecule has 2 atom stereocenters. The fraction of sp³-hybridized carbons (Fsp3) is 0.722. The summed E-state index contributed by atoms with van der Waals surface area (Å²) >= 11 is 0. The Balaban J connectivity index is 1.34. The second kappa shape index (κ2) is 7.16. The van der Waals surface area contributed by atoms with Gasteiger partial charge in [-0.25, -0.2) is 13.4 Å². The summed E-state index contributed by atoms with van der Waals surface area (Å²) in [5.74, 6) is 0. The lowest BCUT2D eigenvalue weighted by Gasteiger charge is -2.37. The summed E-state index contributed by atoms with van der Waals surface area (Å²) in [6.45, 7) is 4.31. The van der Waals surface area contributed by atoms with Crippen LogP contribution in [0.15, 0.2) is 29.4 Å². The normalized spacial score (nSPS) is 30.2. The summed E-state index contributed by atoms with van der Waals surface area (Å²) in [6.07, 6.45) is 5.00. The van der Waals surface area contributed by atoms with Crippen molar-refractivity contribution in [2.24, 2.45) is 5.41 Å². The zero-order chi connectivity index (χ0) is 18.2. The van der Waals surface area contributed by atoms with Gasteiger partial charge in [-0.1, -0.05) is 6.07 Å². The fourth-order valence-electron chi connectivity index (χ4n) is 4.46. The first-order chi connectivity index (χ1) is 12.5. The van der Waals surface area contributed by atoms with Crippen LogP contribution in [0.3, 0.4) is 0 Å². The molecule has 0 saturated carbocycles. The third kappa shape index (κ3) is 3.66. The second-order valence-electron chi connectivity index (χ2n) is 7.91. The van der Waals surface area contributed by atoms with E-state index in [4.69, 9.17) is 4.74 Å². The van der Waals surface area contributed by atoms with E-state index in [1.807, 2.05) is 0 Å². The molecule has 0 aromatic carbocycles. The van der Waals surface area contributed by atoms with Gasteiger partial charge in [0.15, 0.2) is 5.03 Å². The number of aliphatic hydroxyl groups excluding tert-OH is 1. The number of sulfonamides is 1. The number of rotatable bonds is 4. The van der Waals surface area contributed by atoms with Crippen LogP contribution >= 0.6 is 0 Å². The second-order valence-corrected chi connectivity index (χ2v) is 9.80. The molecule has 0 unspecified atom stereocenters. The lowest BCUT2D eigenvalue weighted by molar-refractivity contribution is 0.0598. The molecule has 3 fully saturated rings. The molecule has 3 saturated heterocycles. The molecular formula is C18H27N3O4S. The van der Waals surface area contributed by atoms with Crippen LogP contribution in [0, 0.1) is 5.41 Å². The van der Waals surface area contributed by atoms with Crippen molar-refractivity contribution in [2.45, 2.75) is 42.9 Å². The lowest BCUT2D eigenvalue weighted by Crippen LogP contribution is -2.43. The summed E-state index contributed by atoms with van der Waals surface area (Å²) < 4.78 is 33.0. The highest BCUT2D eigenvalue weighted by molar-refractivity contribution is 7.89. The van der Waals surface area contributed by atoms with Crippen LogP contribution in [0.4, 0.5) is 0 Å². The zero-order valence-corrected chi connectivity index (χ0v) is 15.8. The molecule has 8 heteroatoms. The first kappa shape index (κ1) is 18.3. The average molecular weight is 381 g/mol. The minimum absolute atomic E-state index is 0.0964. The van der Waals surface area contributed by atoms with Gasteiger partial charge in [0.05, 0.1) is 18.8 Å². The topological polar surface area (TPSA) is 83.0 Å². The van der Waals surface area contributed by atoms with E-state index in [9.17, 15) is 13.5 Å². The summed E-state index contributed by atoms with van der Waals surface area (Å²) in [7, 11) is -3.50. The van der Waals surface area contributed by atoms with E-state index in [0.29, 0.717) is 19.7 Å². The van der Waals surface area contributed by atoms with Crippen LogP contribution in [0.1, 0.15) is 25.7 Å². The van der Waals surface area contributed by atoms with Gasteiger partial charge in [0.25, 0.3) is 10.0 Å². The number of β-amino-alcohol motifs (C(OH)–C–C–N with tert-alkyl or cyclic N) is 1. The van der Waals surface area contributed by atoms with Crippen molar-refractivity contribution >= 4 is 10.0 Å². The molecule has 1 aromatic rings. The van der Waals surface area contributed by atoms with Gasteiger partial charge < -0.3 is 9.84 Å². The Morgan fingerprint density at radius 1 is 1.27 bits per heavy atom. The molecule has 0 bridgehead atoms. The van der Waals surface area contributed by atoms with Gasteiger partial charge in [0, 0.05) is 38.9 Å². The van der Waals surface area contributed by atoms with E-state index in [-0.39, 0.29) is 22.6 Å². The number of nitrogens with zero attached hydrogens (tertiary/aromatic N) is 3. The standard InChI is InChI=1S/C18H27N3O4S/c22-15-4-8-20(12-15)13-16-11-18(14-25-16)5-9-21(10-6-18)26(23,24)17-3-1-2-7-19-17/h1-3,7,15-16,22H,4-6,8-14H2/t15-,16+/m0/s1. The summed E-state index contributed by atoms with van der Waals surface area (Å²) in [5, 5.41) is 9.79. The molecular weight excluding hydrogens is 354 g/mol. The molecule has 1 spiro atoms. The van der Waals surface area contributed by atoms with Crippen LogP contribution in [0.25, 0.3) is 0 Å². The molecule has 7 nitrogen and oxygen atoms in total. The maximum atomic E-state index is 12.7. The first-order valence-electron chi connectivity index (χ1n) is 9.40. The number of pyridine rings is 1. The summed E-state index contributed by atoms with van der Waals surface area (Å²) in [5.41, 5.74) is 0.0964. The van der Waals surface area contributed by atoms with Crippen molar-refractivity contribution < 1.29 is 18.3 Å². The van der Waals surface area contributed by atoms with E-state index in [1.54, 1.807) is 22.5 Å². The molecule has 1 N–H and O–H groups in total. The van der Waals surface area contributed by atoms with Gasteiger partial charge in [-0.2, -0.15) is 4.31 Å². The molecule has 3 aliphatic rings. The molecule has 144 valence electrons. The third-order valence-electron chi connectivity index (χ3n) is 6.02. The third-order valence-corrected chi connectivity index (χ3v) is 7.84. The first-order valence-corrected chi connectivity index (χ1v) is 10.8. The molecule has 0 aliphatic carbocycles. The maximum absolute atomic E-state index is 12.7. The Morgan fingerprint density at radius 3 is 2.73 bits per heavy atom. The van der Waals surface area contributed by atoms with Crippen LogP contribution in [0.2, 0.25) is 0 Å². The van der Waals surface area contributed by atoms with E-state index in [1.165, 1.54) is 6.20 Å². The predicted octanol–water partition coefficient (Wildman–Crippen LogP) is 0.708. The van der Waals surface area contributed by atoms with E-state index >= 15 is 0 Å². The van der Waals surface area contributed by atoms with Crippen molar-refractivity contribution in [2.75, 3.05) is 39.3 Å². The highest BCUT2D eigenvalue weighted by atomic mass is 32.2. The lowest BCUT2D eigenvalue weighted by atomic mass is 9.77. The van der Waals surface area contributed by atoms with Crippen LogP contribution in [-0.2, 0) is 14.8 Å². The molecule has 26 heavy (non-hydrogen) atoms. The van der Waals surface area contributed by atoms with Crippen LogP contribution < -0.4 is 0 Å². The van der Waals surface area contributed by atoms with Gasteiger partial charge in [-0.15, -0.1) is 0 Å². The Bertz CT molecular complexity index is 719. The van der Waals surface area contributed by atoms with Crippen molar-refractivity contribution in [3.63, 3.8) is 0 Å². The number of piperidine rings is 1. The minimum atomic E-state index is -3.50. The Kier molecular flexibility index (Phi) is 5.04. The molecule has 1 aromatic heterocycles. The molecule has 4 heterocycles. The number of aromatic nitrogens is 1. The number of likely N-dealkylation sites (tertiary alicyclic amines) is 1. The highest BCUT2D eigenvalue weighted by Crippen LogP contribution is 2.43. The van der Waals surface area contributed by atoms with Crippen LogP contribution in [-0.4, -0.2) is 79.3 Å². The van der Waals surface area contributed by atoms with E-state index < -0.39 is 10.0 Å². The van der Waals surface area contributed by atoms with Gasteiger partial charge in [0.1, 0.15) is 0 Å². The highest BCUT2D eigenvalue weighted by Gasteiger charge is 2.45. The van der Waals surface area contributed by atoms with Crippen molar-refractivity contribution in [1.82, 2.24) is 14.2 Å². The maximum Gasteiger partial charge on any atom is 0.260 e. The van der Waals surface area contributed by atoms with Gasteiger partial charge in [0.2, 0.25) is 0 Å². The Hall–Kier alpha value is -1.06. The molecule has 3 aliphatic heterocycles. The quantitative estimate of drug-likeness (QED) is 0.827. The minimum Gasteiger partial charge on any atom is -0.392 e. The van der Waals surface area contributed by atoms with Crippen LogP contribution in [0.5, 0.6) is 0 Å².